The molecular weight excluding hydrogens is 444 g/mol. The molecule has 0 unspecified atom stereocenters. The topological polar surface area (TPSA) is 111 Å². The molecule has 33 heavy (non-hydrogen) atoms. The molecule has 1 fully saturated rings. The molecule has 10 heteroatoms. The quantitative estimate of drug-likeness (QED) is 0.593. The number of aromatic nitrogens is 2. The summed E-state index contributed by atoms with van der Waals surface area (Å²) in [5, 5.41) is 3.19. The predicted octanol–water partition coefficient (Wildman–Crippen LogP) is 2.61. The number of sulfonamides is 1. The lowest BCUT2D eigenvalue weighted by molar-refractivity contribution is -0.116. The van der Waals surface area contributed by atoms with Gasteiger partial charge in [-0.2, -0.15) is 4.31 Å². The number of fused-ring (bicyclic) bond motifs is 1. The highest BCUT2D eigenvalue weighted by molar-refractivity contribution is 7.89. The van der Waals surface area contributed by atoms with E-state index in [-0.39, 0.29) is 17.5 Å². The highest BCUT2D eigenvalue weighted by Gasteiger charge is 2.31. The molecule has 0 saturated carbocycles. The van der Waals surface area contributed by atoms with Gasteiger partial charge < -0.3 is 10.1 Å². The summed E-state index contributed by atoms with van der Waals surface area (Å²) in [5.74, 6) is 0.0609. The van der Waals surface area contributed by atoms with Crippen molar-refractivity contribution >= 4 is 32.5 Å². The van der Waals surface area contributed by atoms with Gasteiger partial charge in [0.2, 0.25) is 15.9 Å². The second kappa shape index (κ2) is 9.32. The predicted molar refractivity (Wildman–Crippen MR) is 125 cm³/mol. The molecular formula is C23H26N4O5S. The number of nitrogens with one attached hydrogen (secondary N) is 1. The van der Waals surface area contributed by atoms with Crippen LogP contribution in [-0.4, -0.2) is 47.9 Å². The minimum Gasteiger partial charge on any atom is -0.495 e. The number of methoxy groups -OCH3 is 1. The zero-order chi connectivity index (χ0) is 23.6. The molecule has 0 bridgehead atoms. The number of rotatable bonds is 6. The SMILES string of the molecule is COc1ccccc1NC(=O)Cn1c(=O)ncc2cc(S(=O)(=O)N3CCCC[C@@H]3C)ccc21. The highest BCUT2D eigenvalue weighted by Crippen LogP contribution is 2.27. The second-order valence-corrected chi connectivity index (χ2v) is 9.95. The van der Waals surface area contributed by atoms with Crippen molar-refractivity contribution in [3.05, 3.63) is 59.1 Å². The number of nitrogens with zero attached hydrogens (tertiary/aromatic N) is 3. The van der Waals surface area contributed by atoms with E-state index in [4.69, 9.17) is 4.74 Å². The van der Waals surface area contributed by atoms with Crippen LogP contribution < -0.4 is 15.7 Å². The van der Waals surface area contributed by atoms with Crippen molar-refractivity contribution in [1.82, 2.24) is 13.9 Å². The van der Waals surface area contributed by atoms with Gasteiger partial charge in [0.05, 0.1) is 23.2 Å². The van der Waals surface area contributed by atoms with Gasteiger partial charge in [0.25, 0.3) is 0 Å². The molecule has 1 aliphatic rings. The first-order valence-corrected chi connectivity index (χ1v) is 12.2. The van der Waals surface area contributed by atoms with E-state index >= 15 is 0 Å². The van der Waals surface area contributed by atoms with Crippen molar-refractivity contribution in [2.45, 2.75) is 43.7 Å². The van der Waals surface area contributed by atoms with E-state index in [0.29, 0.717) is 28.9 Å². The van der Waals surface area contributed by atoms with Gasteiger partial charge in [0.1, 0.15) is 12.3 Å². The van der Waals surface area contributed by atoms with Crippen LogP contribution in [0.2, 0.25) is 0 Å². The molecule has 9 nitrogen and oxygen atoms in total. The Hall–Kier alpha value is -3.24. The van der Waals surface area contributed by atoms with E-state index in [2.05, 4.69) is 10.3 Å². The van der Waals surface area contributed by atoms with Crippen LogP contribution in [-0.2, 0) is 21.4 Å². The molecule has 0 radical (unpaired) electrons. The molecule has 3 aromatic rings. The van der Waals surface area contributed by atoms with E-state index < -0.39 is 21.6 Å². The standard InChI is InChI=1S/C23H26N4O5S/c1-16-7-5-6-12-27(16)33(30,31)18-10-11-20-17(13-18)14-24-23(29)26(20)15-22(28)25-19-8-3-4-9-21(19)32-2/h3-4,8-11,13-14,16H,5-7,12,15H2,1-2H3,(H,25,28)/t16-/m0/s1. The smallest absolute Gasteiger partial charge is 0.348 e. The van der Waals surface area contributed by atoms with Crippen molar-refractivity contribution in [3.8, 4) is 5.75 Å². The van der Waals surface area contributed by atoms with Crippen LogP contribution in [0.15, 0.2) is 58.4 Å². The summed E-state index contributed by atoms with van der Waals surface area (Å²) in [6, 6.07) is 11.4. The molecule has 1 aromatic heterocycles. The summed E-state index contributed by atoms with van der Waals surface area (Å²) in [6.45, 7) is 2.12. The van der Waals surface area contributed by atoms with E-state index in [0.717, 1.165) is 19.3 Å². The monoisotopic (exact) mass is 470 g/mol. The summed E-state index contributed by atoms with van der Waals surface area (Å²) in [5.41, 5.74) is 0.309. The lowest BCUT2D eigenvalue weighted by Gasteiger charge is -2.32. The van der Waals surface area contributed by atoms with Crippen LogP contribution in [0, 0.1) is 0 Å². The van der Waals surface area contributed by atoms with Gasteiger partial charge >= 0.3 is 5.69 Å². The van der Waals surface area contributed by atoms with Crippen molar-refractivity contribution in [2.24, 2.45) is 0 Å². The van der Waals surface area contributed by atoms with Crippen LogP contribution in [0.25, 0.3) is 10.9 Å². The Morgan fingerprint density at radius 3 is 2.76 bits per heavy atom. The Labute approximate surface area is 192 Å². The molecule has 174 valence electrons. The zero-order valence-corrected chi connectivity index (χ0v) is 19.3. The van der Waals surface area contributed by atoms with E-state index in [1.54, 1.807) is 30.3 Å². The average Bonchev–Trinajstić information content (AvgIpc) is 2.81. The van der Waals surface area contributed by atoms with Crippen LogP contribution >= 0.6 is 0 Å². The maximum atomic E-state index is 13.2. The van der Waals surface area contributed by atoms with Gasteiger partial charge in [-0.1, -0.05) is 18.6 Å². The summed E-state index contributed by atoms with van der Waals surface area (Å²) in [4.78, 5) is 29.1. The van der Waals surface area contributed by atoms with Crippen LogP contribution in [0.4, 0.5) is 5.69 Å². The molecule has 2 aromatic carbocycles. The molecule has 1 N–H and O–H groups in total. The average molecular weight is 471 g/mol. The number of piperidine rings is 1. The third-order valence-electron chi connectivity index (χ3n) is 5.87. The van der Waals surface area contributed by atoms with Crippen molar-refractivity contribution in [3.63, 3.8) is 0 Å². The Balaban J connectivity index is 1.64. The third-order valence-corrected chi connectivity index (χ3v) is 7.88. The summed E-state index contributed by atoms with van der Waals surface area (Å²) < 4.78 is 34.4. The molecule has 1 aliphatic heterocycles. The van der Waals surface area contributed by atoms with Crippen molar-refractivity contribution < 1.29 is 17.9 Å². The molecule has 0 aliphatic carbocycles. The molecule has 1 amide bonds. The van der Waals surface area contributed by atoms with Gasteiger partial charge in [0.15, 0.2) is 0 Å². The van der Waals surface area contributed by atoms with Crippen molar-refractivity contribution in [2.75, 3.05) is 19.0 Å². The van der Waals surface area contributed by atoms with Crippen LogP contribution in [0.5, 0.6) is 5.75 Å². The summed E-state index contributed by atoms with van der Waals surface area (Å²) in [6.07, 6.45) is 4.01. The molecule has 0 spiro atoms. The maximum absolute atomic E-state index is 13.2. The van der Waals surface area contributed by atoms with Gasteiger partial charge in [-0.3, -0.25) is 9.36 Å². The van der Waals surface area contributed by atoms with Gasteiger partial charge in [-0.05, 0) is 50.1 Å². The minimum atomic E-state index is -3.67. The maximum Gasteiger partial charge on any atom is 0.348 e. The summed E-state index contributed by atoms with van der Waals surface area (Å²) >= 11 is 0. The number of anilines is 1. The fourth-order valence-electron chi connectivity index (χ4n) is 4.14. The fourth-order valence-corrected chi connectivity index (χ4v) is 5.87. The minimum absolute atomic E-state index is 0.0646. The lowest BCUT2D eigenvalue weighted by atomic mass is 10.1. The van der Waals surface area contributed by atoms with Gasteiger partial charge in [-0.15, -0.1) is 0 Å². The first-order chi connectivity index (χ1) is 15.8. The number of para-hydroxylation sites is 2. The molecule has 1 saturated heterocycles. The number of carbonyl (C=O) groups excluding carboxylic acids is 1. The number of hydrogen-bond acceptors (Lipinski definition) is 6. The number of hydrogen-bond donors (Lipinski definition) is 1. The largest absolute Gasteiger partial charge is 0.495 e. The zero-order valence-electron chi connectivity index (χ0n) is 18.5. The Morgan fingerprint density at radius 2 is 2.00 bits per heavy atom. The van der Waals surface area contributed by atoms with E-state index in [1.807, 2.05) is 6.92 Å². The van der Waals surface area contributed by atoms with Crippen LogP contribution in [0.1, 0.15) is 26.2 Å². The third kappa shape index (κ3) is 4.62. The van der Waals surface area contributed by atoms with E-state index in [9.17, 15) is 18.0 Å². The normalized spacial score (nSPS) is 17.1. The van der Waals surface area contributed by atoms with E-state index in [1.165, 1.54) is 34.3 Å². The first kappa shape index (κ1) is 22.9. The van der Waals surface area contributed by atoms with Crippen LogP contribution in [0.3, 0.4) is 0 Å². The lowest BCUT2D eigenvalue weighted by Crippen LogP contribution is -2.41. The number of ether oxygens (including phenoxy) is 1. The first-order valence-electron chi connectivity index (χ1n) is 10.8. The number of benzene rings is 2. The Morgan fingerprint density at radius 1 is 1.21 bits per heavy atom. The van der Waals surface area contributed by atoms with Gasteiger partial charge in [-0.25, -0.2) is 18.2 Å². The van der Waals surface area contributed by atoms with Crippen molar-refractivity contribution in [1.29, 1.82) is 0 Å². The second-order valence-electron chi connectivity index (χ2n) is 8.06. The highest BCUT2D eigenvalue weighted by atomic mass is 32.2. The molecule has 1 atom stereocenters. The number of carbonyl (C=O) groups is 1. The Kier molecular flexibility index (Phi) is 6.48. The molecule has 4 rings (SSSR count). The van der Waals surface area contributed by atoms with Gasteiger partial charge in [0, 0.05) is 24.2 Å². The molecule has 2 heterocycles. The Bertz CT molecular complexity index is 1350. The number of amides is 1. The fraction of sp³-hybridized carbons (Fsp3) is 0.348. The summed E-state index contributed by atoms with van der Waals surface area (Å²) in [7, 11) is -2.17.